The van der Waals surface area contributed by atoms with Crippen molar-refractivity contribution in [3.8, 4) is 11.8 Å². The molecule has 6 nitrogen and oxygen atoms in total. The molecule has 3 rings (SSSR count). The lowest BCUT2D eigenvalue weighted by Gasteiger charge is -2.10. The monoisotopic (exact) mass is 541 g/mol. The lowest BCUT2D eigenvalue weighted by molar-refractivity contribution is -0.114. The third-order valence-corrected chi connectivity index (χ3v) is 6.69. The van der Waals surface area contributed by atoms with Crippen molar-refractivity contribution in [3.63, 3.8) is 0 Å². The first-order valence-electron chi connectivity index (χ1n) is 11.2. The smallest absolute Gasteiger partial charge is 0.257 e. The Morgan fingerprint density at radius 1 is 1.11 bits per heavy atom. The fraction of sp³-hybridized carbons (Fsp3) is 0.185. The maximum Gasteiger partial charge on any atom is 0.257 e. The molecule has 9 heteroatoms. The van der Waals surface area contributed by atoms with E-state index in [2.05, 4.69) is 16.8 Å². The van der Waals surface area contributed by atoms with Gasteiger partial charge in [-0.3, -0.25) is 4.79 Å². The summed E-state index contributed by atoms with van der Waals surface area (Å²) in [6.07, 6.45) is 5.43. The van der Waals surface area contributed by atoms with Crippen LogP contribution in [0, 0.1) is 18.8 Å². The van der Waals surface area contributed by atoms with Crippen molar-refractivity contribution < 1.29 is 13.2 Å². The first-order valence-corrected chi connectivity index (χ1v) is 13.5. The van der Waals surface area contributed by atoms with Crippen molar-refractivity contribution in [2.24, 2.45) is 0 Å². The molecule has 1 aromatic heterocycles. The van der Waals surface area contributed by atoms with Gasteiger partial charge in [-0.2, -0.15) is 0 Å². The van der Waals surface area contributed by atoms with E-state index in [-0.39, 0.29) is 5.15 Å². The minimum absolute atomic E-state index is 0.184. The Hall–Kier alpha value is -3.31. The standard InChI is InChI=1S/C27H25Cl2N3O3S/c1-3-4-8-17-36(34,35)31-26(33)16-15-25-27(29)30-20(2)32(25)19-23-14-13-22(18-24(23)28)12-11-21-9-6-5-7-10-21/h5-10,13-18H,3-4,19H2,1-2H3,(H,31,33)/b16-15+,17-8+. The molecule has 0 bridgehead atoms. The molecule has 0 atom stereocenters. The van der Waals surface area contributed by atoms with Gasteiger partial charge < -0.3 is 4.57 Å². The van der Waals surface area contributed by atoms with Crippen LogP contribution in [0.1, 0.15) is 48.0 Å². The van der Waals surface area contributed by atoms with Crippen molar-refractivity contribution in [3.05, 3.63) is 104 Å². The van der Waals surface area contributed by atoms with E-state index in [1.165, 1.54) is 12.2 Å². The van der Waals surface area contributed by atoms with Crippen LogP contribution >= 0.6 is 23.2 Å². The molecule has 1 N–H and O–H groups in total. The van der Waals surface area contributed by atoms with Crippen molar-refractivity contribution in [2.45, 2.75) is 33.2 Å². The number of nitrogens with one attached hydrogen (secondary N) is 1. The normalized spacial score (nSPS) is 11.6. The molecule has 3 aromatic rings. The maximum absolute atomic E-state index is 12.2. The predicted molar refractivity (Wildman–Crippen MR) is 145 cm³/mol. The number of sulfonamides is 1. The number of hydrogen-bond donors (Lipinski definition) is 1. The highest BCUT2D eigenvalue weighted by Gasteiger charge is 2.14. The predicted octanol–water partition coefficient (Wildman–Crippen LogP) is 5.72. The van der Waals surface area contributed by atoms with Gasteiger partial charge in [0, 0.05) is 27.6 Å². The van der Waals surface area contributed by atoms with Crippen LogP contribution < -0.4 is 4.72 Å². The lowest BCUT2D eigenvalue weighted by atomic mass is 10.1. The van der Waals surface area contributed by atoms with Gasteiger partial charge in [0.25, 0.3) is 15.9 Å². The number of unbranched alkanes of at least 4 members (excludes halogenated alkanes) is 1. The minimum Gasteiger partial charge on any atom is -0.323 e. The molecular weight excluding hydrogens is 517 g/mol. The van der Waals surface area contributed by atoms with Crippen LogP contribution in [-0.4, -0.2) is 23.9 Å². The number of halogens is 2. The molecule has 0 fully saturated rings. The van der Waals surface area contributed by atoms with Gasteiger partial charge >= 0.3 is 0 Å². The molecule has 0 aliphatic heterocycles. The fourth-order valence-electron chi connectivity index (χ4n) is 3.22. The molecule has 36 heavy (non-hydrogen) atoms. The number of amides is 1. The van der Waals surface area contributed by atoms with Gasteiger partial charge in [-0.25, -0.2) is 18.1 Å². The largest absolute Gasteiger partial charge is 0.323 e. The Kier molecular flexibility index (Phi) is 9.54. The Labute approximate surface area is 221 Å². The number of aromatic nitrogens is 2. The van der Waals surface area contributed by atoms with E-state index >= 15 is 0 Å². The number of benzene rings is 2. The van der Waals surface area contributed by atoms with Crippen LogP contribution in [0.3, 0.4) is 0 Å². The van der Waals surface area contributed by atoms with E-state index in [1.807, 2.05) is 54.1 Å². The quantitative estimate of drug-likeness (QED) is 0.292. The molecule has 0 spiro atoms. The molecule has 0 aliphatic carbocycles. The summed E-state index contributed by atoms with van der Waals surface area (Å²) in [5.41, 5.74) is 2.94. The Morgan fingerprint density at radius 3 is 2.53 bits per heavy atom. The zero-order valence-electron chi connectivity index (χ0n) is 19.8. The van der Waals surface area contributed by atoms with Crippen LogP contribution in [0.2, 0.25) is 10.2 Å². The van der Waals surface area contributed by atoms with E-state index in [0.29, 0.717) is 29.5 Å². The minimum atomic E-state index is -3.87. The van der Waals surface area contributed by atoms with Crippen LogP contribution in [0.4, 0.5) is 0 Å². The average Bonchev–Trinajstić information content (AvgIpc) is 3.10. The number of rotatable bonds is 8. The molecule has 0 radical (unpaired) electrons. The number of carbonyl (C=O) groups excluding carboxylic acids is 1. The number of hydrogen-bond acceptors (Lipinski definition) is 4. The van der Waals surface area contributed by atoms with Crippen LogP contribution in [0.5, 0.6) is 0 Å². The van der Waals surface area contributed by atoms with Gasteiger partial charge in [-0.05, 0) is 49.2 Å². The zero-order valence-corrected chi connectivity index (χ0v) is 22.2. The Morgan fingerprint density at radius 2 is 1.83 bits per heavy atom. The average molecular weight is 542 g/mol. The van der Waals surface area contributed by atoms with Crippen molar-refractivity contribution in [2.75, 3.05) is 0 Å². The fourth-order valence-corrected chi connectivity index (χ4v) is 4.55. The van der Waals surface area contributed by atoms with Gasteiger partial charge in [0.2, 0.25) is 0 Å². The molecule has 0 unspecified atom stereocenters. The molecule has 1 heterocycles. The highest BCUT2D eigenvalue weighted by molar-refractivity contribution is 7.92. The first-order chi connectivity index (χ1) is 17.2. The van der Waals surface area contributed by atoms with Gasteiger partial charge in [-0.1, -0.05) is 78.7 Å². The highest BCUT2D eigenvalue weighted by Crippen LogP contribution is 2.24. The summed E-state index contributed by atoms with van der Waals surface area (Å²) in [5.74, 6) is 6.02. The van der Waals surface area contributed by atoms with E-state index in [0.717, 1.165) is 34.6 Å². The molecule has 0 aliphatic rings. The van der Waals surface area contributed by atoms with Gasteiger partial charge in [0.05, 0.1) is 12.2 Å². The second-order valence-electron chi connectivity index (χ2n) is 7.85. The highest BCUT2D eigenvalue weighted by atomic mass is 35.5. The van der Waals surface area contributed by atoms with E-state index in [1.54, 1.807) is 17.6 Å². The number of carbonyl (C=O) groups is 1. The summed E-state index contributed by atoms with van der Waals surface area (Å²) in [6.45, 7) is 4.05. The molecular formula is C27H25Cl2N3O3S. The summed E-state index contributed by atoms with van der Waals surface area (Å²) < 4.78 is 27.7. The van der Waals surface area contributed by atoms with Crippen LogP contribution in [0.15, 0.2) is 66.1 Å². The van der Waals surface area contributed by atoms with Crippen molar-refractivity contribution in [1.29, 1.82) is 0 Å². The zero-order chi connectivity index (χ0) is 26.1. The summed E-state index contributed by atoms with van der Waals surface area (Å²) in [7, 11) is -3.87. The third-order valence-electron chi connectivity index (χ3n) is 5.03. The number of aryl methyl sites for hydroxylation is 1. The van der Waals surface area contributed by atoms with Gasteiger partial charge in [-0.15, -0.1) is 0 Å². The van der Waals surface area contributed by atoms with E-state index in [4.69, 9.17) is 23.2 Å². The molecule has 186 valence electrons. The van der Waals surface area contributed by atoms with Gasteiger partial charge in [0.15, 0.2) is 5.15 Å². The molecule has 2 aromatic carbocycles. The Bertz CT molecular complexity index is 1470. The summed E-state index contributed by atoms with van der Waals surface area (Å²) >= 11 is 12.8. The molecule has 1 amide bonds. The first kappa shape index (κ1) is 27.3. The van der Waals surface area contributed by atoms with Crippen molar-refractivity contribution in [1.82, 2.24) is 14.3 Å². The molecule has 0 saturated carbocycles. The lowest BCUT2D eigenvalue weighted by Crippen LogP contribution is -2.27. The maximum atomic E-state index is 12.2. The topological polar surface area (TPSA) is 81.1 Å². The second kappa shape index (κ2) is 12.6. The van der Waals surface area contributed by atoms with Crippen LogP contribution in [-0.2, 0) is 21.4 Å². The summed E-state index contributed by atoms with van der Waals surface area (Å²) in [5, 5.41) is 1.69. The summed E-state index contributed by atoms with van der Waals surface area (Å²) in [4.78, 5) is 16.5. The van der Waals surface area contributed by atoms with E-state index in [9.17, 15) is 13.2 Å². The second-order valence-corrected chi connectivity index (χ2v) is 10.2. The number of nitrogens with zero attached hydrogens (tertiary/aromatic N) is 2. The summed E-state index contributed by atoms with van der Waals surface area (Å²) in [6, 6.07) is 15.2. The number of allylic oxidation sites excluding steroid dienone is 1. The van der Waals surface area contributed by atoms with E-state index < -0.39 is 15.9 Å². The van der Waals surface area contributed by atoms with Crippen molar-refractivity contribution >= 4 is 45.2 Å². The third kappa shape index (κ3) is 7.85. The van der Waals surface area contributed by atoms with Gasteiger partial charge in [0.1, 0.15) is 5.82 Å². The Balaban J connectivity index is 1.77. The number of imidazole rings is 1. The molecule has 0 saturated heterocycles. The van der Waals surface area contributed by atoms with Crippen LogP contribution in [0.25, 0.3) is 6.08 Å². The SMILES string of the molecule is CCC/C=C/S(=O)(=O)NC(=O)/C=C/c1c(Cl)nc(C)n1Cc1ccc(C#Cc2ccccc2)cc1Cl.